The molecule has 2 fully saturated rings. The molecule has 3 atom stereocenters. The number of nitrogens with one attached hydrogen (secondary N) is 1. The number of likely N-dealkylation sites (tertiary alicyclic amines) is 1. The Morgan fingerprint density at radius 1 is 1.53 bits per heavy atom. The molecule has 0 aromatic heterocycles. The van der Waals surface area contributed by atoms with Crippen LogP contribution in [0, 0.1) is 5.92 Å². The third kappa shape index (κ3) is 2.17. The molecule has 2 aliphatic rings. The van der Waals surface area contributed by atoms with Crippen LogP contribution in [0.4, 0.5) is 0 Å². The van der Waals surface area contributed by atoms with Crippen LogP contribution in [0.1, 0.15) is 39.0 Å². The quantitative estimate of drug-likeness (QED) is 0.760. The minimum absolute atomic E-state index is 0.0848. The first-order chi connectivity index (χ1) is 7.27. The smallest absolute Gasteiger partial charge is 0.239 e. The third-order valence-electron chi connectivity index (χ3n) is 3.77. The molecule has 0 aromatic rings. The molecule has 1 heterocycles. The Balaban J connectivity index is 1.90. The van der Waals surface area contributed by atoms with Gasteiger partial charge in [-0.3, -0.25) is 4.79 Å². The molecular weight excluding hydrogens is 188 g/mol. The van der Waals surface area contributed by atoms with Gasteiger partial charge in [0.05, 0.1) is 6.04 Å². The minimum atomic E-state index is 0.0848. The highest BCUT2D eigenvalue weighted by molar-refractivity contribution is 5.83. The fraction of sp³-hybridized carbons (Fsp3) is 0.917. The fourth-order valence-corrected chi connectivity index (χ4v) is 2.79. The van der Waals surface area contributed by atoms with Gasteiger partial charge in [0.2, 0.25) is 5.91 Å². The minimum Gasteiger partial charge on any atom is -0.338 e. The molecule has 0 bridgehead atoms. The number of hydrogen-bond donors (Lipinski definition) is 1. The van der Waals surface area contributed by atoms with Crippen molar-refractivity contribution in [3.05, 3.63) is 0 Å². The molecule has 86 valence electrons. The maximum atomic E-state index is 12.1. The van der Waals surface area contributed by atoms with Gasteiger partial charge in [-0.2, -0.15) is 0 Å². The lowest BCUT2D eigenvalue weighted by molar-refractivity contribution is -0.136. The van der Waals surface area contributed by atoms with Crippen molar-refractivity contribution in [2.45, 2.75) is 51.1 Å². The van der Waals surface area contributed by atoms with Gasteiger partial charge in [0.15, 0.2) is 0 Å². The second-order valence-corrected chi connectivity index (χ2v) is 4.87. The lowest BCUT2D eigenvalue weighted by atomic mass is 10.0. The number of nitrogens with zero attached hydrogens (tertiary/aromatic N) is 1. The summed E-state index contributed by atoms with van der Waals surface area (Å²) in [6.07, 6.45) is 5.96. The van der Waals surface area contributed by atoms with Crippen LogP contribution >= 0.6 is 0 Å². The Morgan fingerprint density at radius 3 is 3.00 bits per heavy atom. The first-order valence-electron chi connectivity index (χ1n) is 6.25. The Hall–Kier alpha value is -0.570. The zero-order valence-electron chi connectivity index (χ0n) is 9.83. The number of hydrogen-bond acceptors (Lipinski definition) is 2. The molecule has 1 aliphatic carbocycles. The highest BCUT2D eigenvalue weighted by atomic mass is 16.2. The normalized spacial score (nSPS) is 35.7. The summed E-state index contributed by atoms with van der Waals surface area (Å²) in [6, 6.07) is 0.662. The maximum absolute atomic E-state index is 12.1. The van der Waals surface area contributed by atoms with E-state index in [1.807, 2.05) is 7.05 Å². The Kier molecular flexibility index (Phi) is 3.29. The van der Waals surface area contributed by atoms with Crippen molar-refractivity contribution < 1.29 is 4.79 Å². The molecule has 0 radical (unpaired) electrons. The average molecular weight is 210 g/mol. The molecule has 0 spiro atoms. The van der Waals surface area contributed by atoms with Crippen molar-refractivity contribution in [3.8, 4) is 0 Å². The van der Waals surface area contributed by atoms with Crippen molar-refractivity contribution in [3.63, 3.8) is 0 Å². The van der Waals surface area contributed by atoms with Crippen molar-refractivity contribution in [1.29, 1.82) is 0 Å². The van der Waals surface area contributed by atoms with Gasteiger partial charge in [-0.25, -0.2) is 0 Å². The fourth-order valence-electron chi connectivity index (χ4n) is 2.79. The van der Waals surface area contributed by atoms with Crippen LogP contribution in [0.25, 0.3) is 0 Å². The second kappa shape index (κ2) is 4.52. The molecule has 2 rings (SSSR count). The molecule has 3 unspecified atom stereocenters. The monoisotopic (exact) mass is 210 g/mol. The number of rotatable bonds is 4. The van der Waals surface area contributed by atoms with E-state index in [-0.39, 0.29) is 6.04 Å². The number of carbonyl (C=O) groups excluding carboxylic acids is 1. The van der Waals surface area contributed by atoms with Crippen LogP contribution in [0.15, 0.2) is 0 Å². The first-order valence-corrected chi connectivity index (χ1v) is 6.25. The molecule has 1 aliphatic heterocycles. The second-order valence-electron chi connectivity index (χ2n) is 4.87. The molecule has 3 heteroatoms. The summed E-state index contributed by atoms with van der Waals surface area (Å²) in [5.41, 5.74) is 0. The summed E-state index contributed by atoms with van der Waals surface area (Å²) in [6.45, 7) is 3.21. The topological polar surface area (TPSA) is 32.3 Å². The predicted molar refractivity (Wildman–Crippen MR) is 60.6 cm³/mol. The number of piperidine rings is 1. The number of amides is 1. The van der Waals surface area contributed by atoms with Gasteiger partial charge in [-0.15, -0.1) is 0 Å². The molecular formula is C12H22N2O. The summed E-state index contributed by atoms with van der Waals surface area (Å²) in [5.74, 6) is 1.14. The molecule has 3 nitrogen and oxygen atoms in total. The maximum Gasteiger partial charge on any atom is 0.239 e. The summed E-state index contributed by atoms with van der Waals surface area (Å²) < 4.78 is 0. The SMILES string of the molecule is CCCC1CC1N1CCCC(NC)C1=O. The number of likely N-dealkylation sites (N-methyl/N-ethyl adjacent to an activating group) is 1. The predicted octanol–water partition coefficient (Wildman–Crippen LogP) is 1.39. The van der Waals surface area contributed by atoms with E-state index in [4.69, 9.17) is 0 Å². The standard InChI is InChI=1S/C12H22N2O/c1-3-5-9-8-11(9)14-7-4-6-10(13-2)12(14)15/h9-11,13H,3-8H2,1-2H3. The van der Waals surface area contributed by atoms with Crippen LogP contribution < -0.4 is 5.32 Å². The van der Waals surface area contributed by atoms with Crippen LogP contribution in [-0.2, 0) is 4.79 Å². The van der Waals surface area contributed by atoms with Crippen molar-refractivity contribution in [2.75, 3.05) is 13.6 Å². The van der Waals surface area contributed by atoms with Crippen molar-refractivity contribution >= 4 is 5.91 Å². The van der Waals surface area contributed by atoms with Gasteiger partial charge in [0.1, 0.15) is 0 Å². The summed E-state index contributed by atoms with van der Waals surface area (Å²) in [4.78, 5) is 14.2. The van der Waals surface area contributed by atoms with E-state index in [0.717, 1.165) is 25.3 Å². The van der Waals surface area contributed by atoms with Gasteiger partial charge < -0.3 is 10.2 Å². The Morgan fingerprint density at radius 2 is 2.33 bits per heavy atom. The third-order valence-corrected chi connectivity index (χ3v) is 3.77. The highest BCUT2D eigenvalue weighted by Crippen LogP contribution is 2.40. The zero-order chi connectivity index (χ0) is 10.8. The van der Waals surface area contributed by atoms with Crippen LogP contribution in [0.2, 0.25) is 0 Å². The van der Waals surface area contributed by atoms with Gasteiger partial charge in [0, 0.05) is 12.6 Å². The Bertz CT molecular complexity index is 242. The van der Waals surface area contributed by atoms with Gasteiger partial charge in [-0.05, 0) is 38.6 Å². The molecule has 1 saturated carbocycles. The van der Waals surface area contributed by atoms with Crippen molar-refractivity contribution in [2.24, 2.45) is 5.92 Å². The molecule has 0 aromatic carbocycles. The molecule has 15 heavy (non-hydrogen) atoms. The van der Waals surface area contributed by atoms with Gasteiger partial charge in [0.25, 0.3) is 0 Å². The first kappa shape index (κ1) is 10.9. The van der Waals surface area contributed by atoms with Crippen LogP contribution in [0.3, 0.4) is 0 Å². The highest BCUT2D eigenvalue weighted by Gasteiger charge is 2.45. The summed E-state index contributed by atoms with van der Waals surface area (Å²) in [5, 5.41) is 3.12. The number of carbonyl (C=O) groups is 1. The van der Waals surface area contributed by atoms with E-state index in [1.54, 1.807) is 0 Å². The molecule has 1 N–H and O–H groups in total. The van der Waals surface area contributed by atoms with E-state index in [9.17, 15) is 4.79 Å². The Labute approximate surface area is 92.2 Å². The van der Waals surface area contributed by atoms with Crippen LogP contribution in [0.5, 0.6) is 0 Å². The molecule has 1 amide bonds. The van der Waals surface area contributed by atoms with Gasteiger partial charge >= 0.3 is 0 Å². The van der Waals surface area contributed by atoms with E-state index >= 15 is 0 Å². The lowest BCUT2D eigenvalue weighted by Crippen LogP contribution is -2.50. The van der Waals surface area contributed by atoms with E-state index < -0.39 is 0 Å². The average Bonchev–Trinajstić information content (AvgIpc) is 2.98. The molecule has 1 saturated heterocycles. The lowest BCUT2D eigenvalue weighted by Gasteiger charge is -2.32. The van der Waals surface area contributed by atoms with Crippen molar-refractivity contribution in [1.82, 2.24) is 10.2 Å². The van der Waals surface area contributed by atoms with E-state index in [1.165, 1.54) is 19.3 Å². The van der Waals surface area contributed by atoms with E-state index in [2.05, 4.69) is 17.1 Å². The summed E-state index contributed by atoms with van der Waals surface area (Å²) >= 11 is 0. The van der Waals surface area contributed by atoms with Crippen LogP contribution in [-0.4, -0.2) is 36.5 Å². The largest absolute Gasteiger partial charge is 0.338 e. The van der Waals surface area contributed by atoms with Gasteiger partial charge in [-0.1, -0.05) is 13.3 Å². The van der Waals surface area contributed by atoms with E-state index in [0.29, 0.717) is 11.9 Å². The summed E-state index contributed by atoms with van der Waals surface area (Å²) in [7, 11) is 1.89. The zero-order valence-corrected chi connectivity index (χ0v) is 9.83.